The first-order valence-corrected chi connectivity index (χ1v) is 5.98. The first kappa shape index (κ1) is 14.0. The van der Waals surface area contributed by atoms with Crippen molar-refractivity contribution in [2.75, 3.05) is 11.9 Å². The lowest BCUT2D eigenvalue weighted by Crippen LogP contribution is -2.30. The molecule has 0 heterocycles. The molecule has 0 unspecified atom stereocenters. The SMILES string of the molecule is Cc1cccc(NC(=O)CCCCNC(N)=O)c1. The minimum atomic E-state index is -0.529. The summed E-state index contributed by atoms with van der Waals surface area (Å²) in [5, 5.41) is 5.32. The van der Waals surface area contributed by atoms with Crippen LogP contribution in [0.15, 0.2) is 24.3 Å². The number of benzene rings is 1. The Morgan fingerprint density at radius 1 is 1.28 bits per heavy atom. The predicted molar refractivity (Wildman–Crippen MR) is 71.2 cm³/mol. The summed E-state index contributed by atoms with van der Waals surface area (Å²) in [5.41, 5.74) is 6.85. The Kier molecular flexibility index (Phi) is 5.70. The van der Waals surface area contributed by atoms with Gasteiger partial charge in [-0.25, -0.2) is 4.79 Å². The second-order valence-electron chi connectivity index (χ2n) is 4.17. The second-order valence-corrected chi connectivity index (χ2v) is 4.17. The Labute approximate surface area is 107 Å². The predicted octanol–water partition coefficient (Wildman–Crippen LogP) is 1.77. The number of amides is 3. The van der Waals surface area contributed by atoms with Crippen LogP contribution in [0, 0.1) is 6.92 Å². The van der Waals surface area contributed by atoms with E-state index in [9.17, 15) is 9.59 Å². The summed E-state index contributed by atoms with van der Waals surface area (Å²) >= 11 is 0. The average molecular weight is 249 g/mol. The number of rotatable bonds is 6. The molecule has 0 bridgehead atoms. The van der Waals surface area contributed by atoms with Gasteiger partial charge in [0.1, 0.15) is 0 Å². The number of urea groups is 1. The van der Waals surface area contributed by atoms with Crippen LogP contribution >= 0.6 is 0 Å². The maximum absolute atomic E-state index is 11.6. The van der Waals surface area contributed by atoms with E-state index in [1.807, 2.05) is 31.2 Å². The minimum absolute atomic E-state index is 0.0142. The molecule has 1 aromatic rings. The lowest BCUT2D eigenvalue weighted by atomic mass is 10.2. The van der Waals surface area contributed by atoms with E-state index in [4.69, 9.17) is 5.73 Å². The quantitative estimate of drug-likeness (QED) is 0.671. The standard InChI is InChI=1S/C13H19N3O2/c1-10-5-4-6-11(9-10)16-12(17)7-2-3-8-15-13(14)18/h4-6,9H,2-3,7-8H2,1H3,(H,16,17)(H3,14,15,18). The van der Waals surface area contributed by atoms with E-state index in [1.165, 1.54) is 0 Å². The summed E-state index contributed by atoms with van der Waals surface area (Å²) in [4.78, 5) is 22.0. The first-order valence-electron chi connectivity index (χ1n) is 5.98. The van der Waals surface area contributed by atoms with E-state index in [0.717, 1.165) is 24.1 Å². The van der Waals surface area contributed by atoms with E-state index in [2.05, 4.69) is 10.6 Å². The summed E-state index contributed by atoms with van der Waals surface area (Å²) in [6.07, 6.45) is 1.90. The molecule has 0 saturated carbocycles. The molecule has 3 amide bonds. The van der Waals surface area contributed by atoms with E-state index >= 15 is 0 Å². The van der Waals surface area contributed by atoms with Gasteiger partial charge in [0.15, 0.2) is 0 Å². The van der Waals surface area contributed by atoms with Crippen molar-refractivity contribution in [2.45, 2.75) is 26.2 Å². The Morgan fingerprint density at radius 3 is 2.72 bits per heavy atom. The maximum Gasteiger partial charge on any atom is 0.312 e. The van der Waals surface area contributed by atoms with Crippen LogP contribution in [0.3, 0.4) is 0 Å². The van der Waals surface area contributed by atoms with Crippen LogP contribution in [0.2, 0.25) is 0 Å². The Hall–Kier alpha value is -2.04. The van der Waals surface area contributed by atoms with Crippen LogP contribution in [0.25, 0.3) is 0 Å². The van der Waals surface area contributed by atoms with E-state index < -0.39 is 6.03 Å². The number of nitrogens with two attached hydrogens (primary N) is 1. The highest BCUT2D eigenvalue weighted by Gasteiger charge is 2.02. The van der Waals surface area contributed by atoms with Gasteiger partial charge in [-0.3, -0.25) is 4.79 Å². The van der Waals surface area contributed by atoms with Gasteiger partial charge < -0.3 is 16.4 Å². The van der Waals surface area contributed by atoms with E-state index in [-0.39, 0.29) is 5.91 Å². The summed E-state index contributed by atoms with van der Waals surface area (Å²) in [5.74, 6) is -0.0142. The first-order chi connectivity index (χ1) is 8.58. The Balaban J connectivity index is 2.20. The molecule has 1 rings (SSSR count). The molecule has 5 heteroatoms. The average Bonchev–Trinajstić information content (AvgIpc) is 2.28. The highest BCUT2D eigenvalue weighted by molar-refractivity contribution is 5.90. The van der Waals surface area contributed by atoms with Gasteiger partial charge in [-0.2, -0.15) is 0 Å². The molecule has 0 fully saturated rings. The molecule has 18 heavy (non-hydrogen) atoms. The molecule has 0 aliphatic heterocycles. The summed E-state index contributed by atoms with van der Waals surface area (Å²) in [6.45, 7) is 2.48. The molecule has 0 saturated heterocycles. The lowest BCUT2D eigenvalue weighted by molar-refractivity contribution is -0.116. The fourth-order valence-corrected chi connectivity index (χ4v) is 1.57. The zero-order chi connectivity index (χ0) is 13.4. The van der Waals surface area contributed by atoms with Gasteiger partial charge in [0, 0.05) is 18.7 Å². The number of aryl methyl sites for hydroxylation is 1. The van der Waals surface area contributed by atoms with Crippen molar-refractivity contribution in [1.82, 2.24) is 5.32 Å². The van der Waals surface area contributed by atoms with Gasteiger partial charge in [0.05, 0.1) is 0 Å². The minimum Gasteiger partial charge on any atom is -0.352 e. The van der Waals surface area contributed by atoms with Gasteiger partial charge in [-0.1, -0.05) is 12.1 Å². The number of primary amides is 1. The third-order valence-electron chi connectivity index (χ3n) is 2.43. The molecule has 0 spiro atoms. The number of anilines is 1. The lowest BCUT2D eigenvalue weighted by Gasteiger charge is -2.06. The number of hydrogen-bond donors (Lipinski definition) is 3. The molecule has 0 atom stereocenters. The number of nitrogens with one attached hydrogen (secondary N) is 2. The highest BCUT2D eigenvalue weighted by Crippen LogP contribution is 2.10. The topological polar surface area (TPSA) is 84.2 Å². The van der Waals surface area contributed by atoms with Crippen LogP contribution in [0.1, 0.15) is 24.8 Å². The van der Waals surface area contributed by atoms with Crippen LogP contribution in [0.4, 0.5) is 10.5 Å². The van der Waals surface area contributed by atoms with Gasteiger partial charge in [-0.15, -0.1) is 0 Å². The van der Waals surface area contributed by atoms with Crippen LogP contribution in [-0.2, 0) is 4.79 Å². The molecule has 98 valence electrons. The van der Waals surface area contributed by atoms with Crippen molar-refractivity contribution in [3.63, 3.8) is 0 Å². The molecule has 4 N–H and O–H groups in total. The summed E-state index contributed by atoms with van der Waals surface area (Å²) in [6, 6.07) is 7.14. The molecular weight excluding hydrogens is 230 g/mol. The fraction of sp³-hybridized carbons (Fsp3) is 0.385. The largest absolute Gasteiger partial charge is 0.352 e. The van der Waals surface area contributed by atoms with E-state index in [0.29, 0.717) is 13.0 Å². The maximum atomic E-state index is 11.6. The molecule has 0 aliphatic carbocycles. The number of carbonyl (C=O) groups excluding carboxylic acids is 2. The Bertz CT molecular complexity index is 418. The molecule has 5 nitrogen and oxygen atoms in total. The monoisotopic (exact) mass is 249 g/mol. The molecule has 0 aromatic heterocycles. The second kappa shape index (κ2) is 7.32. The van der Waals surface area contributed by atoms with Crippen molar-refractivity contribution >= 4 is 17.6 Å². The van der Waals surface area contributed by atoms with Crippen LogP contribution in [-0.4, -0.2) is 18.5 Å². The third kappa shape index (κ3) is 5.89. The third-order valence-corrected chi connectivity index (χ3v) is 2.43. The number of hydrogen-bond acceptors (Lipinski definition) is 2. The van der Waals surface area contributed by atoms with Crippen molar-refractivity contribution in [3.05, 3.63) is 29.8 Å². The van der Waals surface area contributed by atoms with Crippen molar-refractivity contribution in [1.29, 1.82) is 0 Å². The smallest absolute Gasteiger partial charge is 0.312 e. The fourth-order valence-electron chi connectivity index (χ4n) is 1.57. The number of unbranched alkanes of at least 4 members (excludes halogenated alkanes) is 1. The molecular formula is C13H19N3O2. The highest BCUT2D eigenvalue weighted by atomic mass is 16.2. The van der Waals surface area contributed by atoms with Gasteiger partial charge in [-0.05, 0) is 37.5 Å². The van der Waals surface area contributed by atoms with Crippen molar-refractivity contribution < 1.29 is 9.59 Å². The van der Waals surface area contributed by atoms with Crippen LogP contribution < -0.4 is 16.4 Å². The summed E-state index contributed by atoms with van der Waals surface area (Å²) in [7, 11) is 0. The molecule has 0 aliphatic rings. The summed E-state index contributed by atoms with van der Waals surface area (Å²) < 4.78 is 0. The van der Waals surface area contributed by atoms with Gasteiger partial charge >= 0.3 is 6.03 Å². The van der Waals surface area contributed by atoms with E-state index in [1.54, 1.807) is 0 Å². The normalized spacial score (nSPS) is 9.83. The van der Waals surface area contributed by atoms with Gasteiger partial charge in [0.2, 0.25) is 5.91 Å². The van der Waals surface area contributed by atoms with Crippen molar-refractivity contribution in [2.24, 2.45) is 5.73 Å². The van der Waals surface area contributed by atoms with Gasteiger partial charge in [0.25, 0.3) is 0 Å². The Morgan fingerprint density at radius 2 is 2.06 bits per heavy atom. The van der Waals surface area contributed by atoms with Crippen LogP contribution in [0.5, 0.6) is 0 Å². The molecule has 1 aromatic carbocycles. The molecule has 0 radical (unpaired) electrons. The number of carbonyl (C=O) groups is 2. The van der Waals surface area contributed by atoms with Crippen molar-refractivity contribution in [3.8, 4) is 0 Å². The zero-order valence-corrected chi connectivity index (χ0v) is 10.5. The zero-order valence-electron chi connectivity index (χ0n) is 10.5.